The molecule has 0 aliphatic rings. The van der Waals surface area contributed by atoms with Gasteiger partial charge in [-0.2, -0.15) is 0 Å². The first kappa shape index (κ1) is 32.0. The molecule has 0 aliphatic heterocycles. The number of rotatable bonds is 10. The van der Waals surface area contributed by atoms with Crippen molar-refractivity contribution in [3.63, 3.8) is 0 Å². The number of hydrogen-bond donors (Lipinski definition) is 3. The summed E-state index contributed by atoms with van der Waals surface area (Å²) in [5, 5.41) is 8.30. The highest BCUT2D eigenvalue weighted by Gasteiger charge is 2.23. The molecule has 0 saturated heterocycles. The fraction of sp³-hybridized carbons (Fsp3) is 0.103. The lowest BCUT2D eigenvalue weighted by molar-refractivity contribution is -0.116. The second kappa shape index (κ2) is 15.1. The maximum absolute atomic E-state index is 13.7. The minimum absolute atomic E-state index is 0.108. The van der Waals surface area contributed by atoms with Crippen LogP contribution in [0.2, 0.25) is 0 Å². The van der Waals surface area contributed by atoms with Crippen LogP contribution in [0.3, 0.4) is 0 Å². The van der Waals surface area contributed by atoms with E-state index in [1.807, 2.05) is 118 Å². The number of anilines is 2. The number of amides is 3. The highest BCUT2D eigenvalue weighted by molar-refractivity contribution is 8.00. The van der Waals surface area contributed by atoms with Gasteiger partial charge in [0.2, 0.25) is 5.91 Å². The summed E-state index contributed by atoms with van der Waals surface area (Å²) in [5.74, 6) is -1.01. The van der Waals surface area contributed by atoms with Gasteiger partial charge >= 0.3 is 0 Å². The van der Waals surface area contributed by atoms with Crippen LogP contribution in [0, 0.1) is 20.8 Å². The molecule has 0 aromatic heterocycles. The van der Waals surface area contributed by atoms with E-state index in [0.717, 1.165) is 38.4 Å². The fourth-order valence-electron chi connectivity index (χ4n) is 4.81. The van der Waals surface area contributed by atoms with E-state index in [0.29, 0.717) is 11.3 Å². The lowest BCUT2D eigenvalue weighted by Gasteiger charge is -2.19. The number of carbonyl (C=O) groups excluding carboxylic acids is 3. The minimum atomic E-state index is -0.547. The van der Waals surface area contributed by atoms with Crippen molar-refractivity contribution in [3.8, 4) is 0 Å². The van der Waals surface area contributed by atoms with Crippen molar-refractivity contribution >= 4 is 46.9 Å². The topological polar surface area (TPSA) is 87.3 Å². The molecule has 1 unspecified atom stereocenters. The number of benzene rings is 5. The molecular weight excluding hydrogens is 591 g/mol. The van der Waals surface area contributed by atoms with Crippen molar-refractivity contribution in [1.82, 2.24) is 5.32 Å². The van der Waals surface area contributed by atoms with Crippen LogP contribution in [0.25, 0.3) is 6.08 Å². The summed E-state index contributed by atoms with van der Waals surface area (Å²) >= 11 is 1.39. The van der Waals surface area contributed by atoms with E-state index in [2.05, 4.69) is 16.0 Å². The maximum Gasteiger partial charge on any atom is 0.272 e. The molecule has 46 heavy (non-hydrogen) atoms. The monoisotopic (exact) mass is 625 g/mol. The third kappa shape index (κ3) is 8.20. The van der Waals surface area contributed by atoms with Crippen molar-refractivity contribution in [2.24, 2.45) is 0 Å². The zero-order valence-electron chi connectivity index (χ0n) is 25.9. The quantitative estimate of drug-likeness (QED) is 0.107. The van der Waals surface area contributed by atoms with Gasteiger partial charge in [0.15, 0.2) is 0 Å². The first-order valence-electron chi connectivity index (χ1n) is 14.9. The van der Waals surface area contributed by atoms with Crippen LogP contribution in [0.1, 0.15) is 43.4 Å². The molecule has 5 rings (SSSR count). The van der Waals surface area contributed by atoms with E-state index in [1.54, 1.807) is 36.4 Å². The Morgan fingerprint density at radius 3 is 2.07 bits per heavy atom. The first-order valence-corrected chi connectivity index (χ1v) is 15.8. The average Bonchev–Trinajstić information content (AvgIpc) is 3.07. The summed E-state index contributed by atoms with van der Waals surface area (Å²) in [5.41, 5.74) is 6.60. The summed E-state index contributed by atoms with van der Waals surface area (Å²) in [7, 11) is 0. The van der Waals surface area contributed by atoms with E-state index in [4.69, 9.17) is 0 Å². The standard InChI is InChI=1S/C39H35N3O3S/c1-26-15-12-23-34(28(26)3)41-39(45)36(29-16-6-4-7-17-29)46-33-22-13-21-32(25-33)40-38(44)35(24-31-20-11-10-14-27(31)2)42-37(43)30-18-8-5-9-19-30/h4-25,36H,1-3H3,(H,40,44)(H,41,45)(H,42,43)/b35-24-. The molecule has 0 fully saturated rings. The van der Waals surface area contributed by atoms with Gasteiger partial charge in [-0.25, -0.2) is 0 Å². The molecule has 0 saturated carbocycles. The second-order valence-corrected chi connectivity index (χ2v) is 12.0. The minimum Gasteiger partial charge on any atom is -0.325 e. The van der Waals surface area contributed by atoms with Gasteiger partial charge in [0.05, 0.1) is 0 Å². The Balaban J connectivity index is 1.39. The summed E-state index contributed by atoms with van der Waals surface area (Å²) in [4.78, 5) is 41.2. The predicted molar refractivity (Wildman–Crippen MR) is 188 cm³/mol. The third-order valence-electron chi connectivity index (χ3n) is 7.57. The van der Waals surface area contributed by atoms with Crippen molar-refractivity contribution in [1.29, 1.82) is 0 Å². The average molecular weight is 626 g/mol. The lowest BCUT2D eigenvalue weighted by atomic mass is 10.1. The van der Waals surface area contributed by atoms with Gasteiger partial charge in [-0.15, -0.1) is 11.8 Å². The molecule has 6 nitrogen and oxygen atoms in total. The molecule has 0 bridgehead atoms. The van der Waals surface area contributed by atoms with Crippen LogP contribution in [0.4, 0.5) is 11.4 Å². The van der Waals surface area contributed by atoms with Crippen molar-refractivity contribution < 1.29 is 14.4 Å². The lowest BCUT2D eigenvalue weighted by Crippen LogP contribution is -2.30. The zero-order chi connectivity index (χ0) is 32.5. The van der Waals surface area contributed by atoms with Crippen LogP contribution >= 0.6 is 11.8 Å². The molecule has 5 aromatic carbocycles. The van der Waals surface area contributed by atoms with Gasteiger partial charge in [-0.05, 0) is 91.1 Å². The van der Waals surface area contributed by atoms with Crippen molar-refractivity contribution in [3.05, 3.63) is 166 Å². The molecule has 3 N–H and O–H groups in total. The van der Waals surface area contributed by atoms with E-state index >= 15 is 0 Å². The van der Waals surface area contributed by atoms with E-state index in [9.17, 15) is 14.4 Å². The Labute approximate surface area is 274 Å². The molecule has 1 atom stereocenters. The Morgan fingerprint density at radius 2 is 1.33 bits per heavy atom. The smallest absolute Gasteiger partial charge is 0.272 e. The number of thioether (sulfide) groups is 1. The molecule has 0 heterocycles. The highest BCUT2D eigenvalue weighted by Crippen LogP contribution is 2.37. The van der Waals surface area contributed by atoms with Gasteiger partial charge in [0, 0.05) is 21.8 Å². The molecule has 0 radical (unpaired) electrons. The number of nitrogens with one attached hydrogen (secondary N) is 3. The van der Waals surface area contributed by atoms with E-state index < -0.39 is 11.2 Å². The third-order valence-corrected chi connectivity index (χ3v) is 8.81. The molecule has 3 amide bonds. The van der Waals surface area contributed by atoms with Crippen LogP contribution in [-0.4, -0.2) is 17.7 Å². The molecular formula is C39H35N3O3S. The number of hydrogen-bond acceptors (Lipinski definition) is 4. The van der Waals surface area contributed by atoms with Crippen LogP contribution in [0.15, 0.2) is 138 Å². The van der Waals surface area contributed by atoms with Crippen molar-refractivity contribution in [2.45, 2.75) is 30.9 Å². The Kier molecular flexibility index (Phi) is 10.5. The van der Waals surface area contributed by atoms with Gasteiger partial charge in [-0.3, -0.25) is 14.4 Å². The largest absolute Gasteiger partial charge is 0.325 e. The summed E-state index contributed by atoms with van der Waals surface area (Å²) in [6.07, 6.45) is 1.67. The Bertz CT molecular complexity index is 1890. The first-order chi connectivity index (χ1) is 22.3. The van der Waals surface area contributed by atoms with Gasteiger partial charge in [-0.1, -0.05) is 91.0 Å². The van der Waals surface area contributed by atoms with Gasteiger partial charge < -0.3 is 16.0 Å². The van der Waals surface area contributed by atoms with Crippen molar-refractivity contribution in [2.75, 3.05) is 10.6 Å². The summed E-state index contributed by atoms with van der Waals surface area (Å²) < 4.78 is 0. The maximum atomic E-state index is 13.7. The SMILES string of the molecule is Cc1ccccc1/C=C(\NC(=O)c1ccccc1)C(=O)Nc1cccc(SC(C(=O)Nc2cccc(C)c2C)c2ccccc2)c1. The second-order valence-electron chi connectivity index (χ2n) is 10.9. The molecule has 5 aromatic rings. The Hall–Kier alpha value is -5.40. The summed E-state index contributed by atoms with van der Waals surface area (Å²) in [6, 6.07) is 39.2. The summed E-state index contributed by atoms with van der Waals surface area (Å²) in [6.45, 7) is 5.95. The zero-order valence-corrected chi connectivity index (χ0v) is 26.7. The van der Waals surface area contributed by atoms with Crippen LogP contribution in [-0.2, 0) is 9.59 Å². The van der Waals surface area contributed by atoms with Crippen LogP contribution in [0.5, 0.6) is 0 Å². The fourth-order valence-corrected chi connectivity index (χ4v) is 5.90. The molecule has 0 aliphatic carbocycles. The van der Waals surface area contributed by atoms with Crippen LogP contribution < -0.4 is 16.0 Å². The van der Waals surface area contributed by atoms with Gasteiger partial charge in [0.25, 0.3) is 11.8 Å². The van der Waals surface area contributed by atoms with E-state index in [1.165, 1.54) is 11.8 Å². The molecule has 230 valence electrons. The number of carbonyl (C=O) groups is 3. The predicted octanol–water partition coefficient (Wildman–Crippen LogP) is 8.49. The normalized spacial score (nSPS) is 11.8. The highest BCUT2D eigenvalue weighted by atomic mass is 32.2. The molecule has 0 spiro atoms. The number of aryl methyl sites for hydroxylation is 2. The van der Waals surface area contributed by atoms with Gasteiger partial charge in [0.1, 0.15) is 10.9 Å². The Morgan fingerprint density at radius 1 is 0.674 bits per heavy atom. The van der Waals surface area contributed by atoms with E-state index in [-0.39, 0.29) is 17.5 Å². The molecule has 7 heteroatoms.